The van der Waals surface area contributed by atoms with Crippen molar-refractivity contribution in [2.24, 2.45) is 9.98 Å². The van der Waals surface area contributed by atoms with E-state index in [0.29, 0.717) is 35.1 Å². The molecule has 0 saturated heterocycles. The van der Waals surface area contributed by atoms with Crippen LogP contribution in [0.2, 0.25) is 0 Å². The van der Waals surface area contributed by atoms with Crippen LogP contribution < -0.4 is 0 Å². The number of nitrogens with zero attached hydrogens (tertiary/aromatic N) is 2. The van der Waals surface area contributed by atoms with E-state index >= 15 is 0 Å². The van der Waals surface area contributed by atoms with Gasteiger partial charge in [0.2, 0.25) is 0 Å². The topological polar surface area (TPSA) is 94.6 Å². The minimum absolute atomic E-state index is 0. The predicted octanol–water partition coefficient (Wildman–Crippen LogP) is 11.1. The fraction of sp³-hybridized carbons (Fsp3) is 0.590. The van der Waals surface area contributed by atoms with E-state index in [1.165, 1.54) is 31.1 Å². The van der Waals surface area contributed by atoms with Gasteiger partial charge in [-0.1, -0.05) is 132 Å². The maximum absolute atomic E-state index is 9.69. The van der Waals surface area contributed by atoms with Gasteiger partial charge in [-0.3, -0.25) is 9.98 Å². The van der Waals surface area contributed by atoms with Crippen molar-refractivity contribution in [2.75, 3.05) is 7.11 Å². The zero-order valence-corrected chi connectivity index (χ0v) is 34.6. The van der Waals surface area contributed by atoms with E-state index in [1.54, 1.807) is 13.8 Å². The van der Waals surface area contributed by atoms with Gasteiger partial charge in [0.05, 0.1) is 22.8 Å². The third-order valence-electron chi connectivity index (χ3n) is 6.22. The number of hydrogen-bond acceptors (Lipinski definition) is 6. The molecule has 47 heavy (non-hydrogen) atoms. The van der Waals surface area contributed by atoms with Crippen molar-refractivity contribution in [3.05, 3.63) is 73.5 Å². The maximum atomic E-state index is 9.69. The van der Waals surface area contributed by atoms with Gasteiger partial charge < -0.3 is 34.9 Å². The first-order chi connectivity index (χ1) is 20.0. The molecule has 6 nitrogen and oxygen atoms in total. The van der Waals surface area contributed by atoms with Gasteiger partial charge in [0.15, 0.2) is 12.6 Å². The number of para-hydroxylation sites is 2. The Labute approximate surface area is 311 Å². The monoisotopic (exact) mass is 746 g/mol. The average Bonchev–Trinajstić information content (AvgIpc) is 2.93. The molecule has 0 amide bonds. The van der Waals surface area contributed by atoms with Crippen LogP contribution >= 0.6 is 0 Å². The number of methoxy groups -OCH3 is 1. The molecule has 0 spiro atoms. The Bertz CT molecular complexity index is 1040. The Hall–Kier alpha value is -1.39. The quantitative estimate of drug-likeness (QED) is 0.103. The van der Waals surface area contributed by atoms with E-state index in [1.807, 2.05) is 18.2 Å². The number of rotatable bonds is 9. The average molecular weight is 748 g/mol. The Morgan fingerprint density at radius 3 is 1.02 bits per heavy atom. The molecule has 0 radical (unpaired) electrons. The van der Waals surface area contributed by atoms with E-state index in [-0.39, 0.29) is 47.8 Å². The Morgan fingerprint density at radius 2 is 0.830 bits per heavy atom. The van der Waals surface area contributed by atoms with Crippen LogP contribution in [0.1, 0.15) is 156 Å². The van der Waals surface area contributed by atoms with Gasteiger partial charge in [0, 0.05) is 23.6 Å². The molecule has 0 aromatic heterocycles. The fourth-order valence-corrected chi connectivity index (χ4v) is 3.92. The van der Waals surface area contributed by atoms with Gasteiger partial charge >= 0.3 is 16.5 Å². The molecule has 1 unspecified atom stereocenters. The van der Waals surface area contributed by atoms with E-state index < -0.39 is 12.6 Å². The summed E-state index contributed by atoms with van der Waals surface area (Å²) in [6.07, 6.45) is 0.0606. The maximum Gasteiger partial charge on any atom is 2.00 e. The van der Waals surface area contributed by atoms with Crippen molar-refractivity contribution in [1.29, 1.82) is 0 Å². The van der Waals surface area contributed by atoms with Gasteiger partial charge in [0.25, 0.3) is 0 Å². The first kappa shape index (κ1) is 57.8. The Kier molecular flexibility index (Phi) is 39.2. The second-order valence-electron chi connectivity index (χ2n) is 12.1. The summed E-state index contributed by atoms with van der Waals surface area (Å²) in [6.45, 7) is 29.0. The minimum atomic E-state index is -1.50. The molecule has 2 aromatic carbocycles. The molecule has 2 aromatic rings. The SMILES string of the molecule is CC(=Nc1c(C(C)C)cccc1C(C)C)C(O)O.CCC.CCC.COC(O)C(C)=Nc1c(C(C)C)cccc1C(C)C.[CH3-].[CH3-].[Ni+2].[Ni]. The first-order valence-electron chi connectivity index (χ1n) is 16.0. The van der Waals surface area contributed by atoms with Crippen LogP contribution in [0.15, 0.2) is 46.4 Å². The summed E-state index contributed by atoms with van der Waals surface area (Å²) >= 11 is 0. The van der Waals surface area contributed by atoms with Crippen molar-refractivity contribution in [3.63, 3.8) is 0 Å². The molecule has 0 saturated carbocycles. The second kappa shape index (κ2) is 31.8. The molecular weight excluding hydrogens is 678 g/mol. The molecule has 0 aliphatic carbocycles. The molecule has 280 valence electrons. The summed E-state index contributed by atoms with van der Waals surface area (Å²) in [5.74, 6) is 1.49. The van der Waals surface area contributed by atoms with Crippen molar-refractivity contribution in [1.82, 2.24) is 0 Å². The van der Waals surface area contributed by atoms with E-state index in [2.05, 4.69) is 111 Å². The Balaban J connectivity index is -0.000000142. The van der Waals surface area contributed by atoms with Crippen LogP contribution in [0, 0.1) is 14.9 Å². The number of aliphatic imine (C=N–C) groups is 2. The van der Waals surface area contributed by atoms with E-state index in [9.17, 15) is 5.11 Å². The fourth-order valence-electron chi connectivity index (χ4n) is 3.92. The summed E-state index contributed by atoms with van der Waals surface area (Å²) in [6, 6.07) is 12.4. The molecule has 2 rings (SSSR count). The largest absolute Gasteiger partial charge is 2.00 e. The number of hydrogen-bond donors (Lipinski definition) is 3. The predicted molar refractivity (Wildman–Crippen MR) is 201 cm³/mol. The van der Waals surface area contributed by atoms with Crippen molar-refractivity contribution < 1.29 is 53.0 Å². The molecule has 0 fully saturated rings. The van der Waals surface area contributed by atoms with Crippen LogP contribution in [0.5, 0.6) is 0 Å². The van der Waals surface area contributed by atoms with Crippen LogP contribution in [-0.4, -0.2) is 46.4 Å². The smallest absolute Gasteiger partial charge is 0.363 e. The second-order valence-corrected chi connectivity index (χ2v) is 12.1. The number of ether oxygens (including phenoxy) is 1. The normalized spacial score (nSPS) is 11.5. The number of aliphatic hydroxyl groups is 3. The van der Waals surface area contributed by atoms with E-state index in [0.717, 1.165) is 22.5 Å². The summed E-state index contributed by atoms with van der Waals surface area (Å²) in [5.41, 5.74) is 7.45. The molecule has 0 bridgehead atoms. The number of benzene rings is 2. The summed E-state index contributed by atoms with van der Waals surface area (Å²) in [7, 11) is 1.47. The van der Waals surface area contributed by atoms with Gasteiger partial charge in [-0.25, -0.2) is 0 Å². The zero-order chi connectivity index (χ0) is 33.9. The van der Waals surface area contributed by atoms with E-state index in [4.69, 9.17) is 14.9 Å². The third kappa shape index (κ3) is 22.0. The summed E-state index contributed by atoms with van der Waals surface area (Å²) in [4.78, 5) is 9.03. The number of aliphatic hydroxyl groups excluding tert-OH is 2. The van der Waals surface area contributed by atoms with Crippen LogP contribution in [0.25, 0.3) is 0 Å². The van der Waals surface area contributed by atoms with Crippen LogP contribution in [-0.2, 0) is 37.7 Å². The van der Waals surface area contributed by atoms with Crippen LogP contribution in [0.4, 0.5) is 11.4 Å². The third-order valence-corrected chi connectivity index (χ3v) is 6.22. The summed E-state index contributed by atoms with van der Waals surface area (Å²) < 4.78 is 4.91. The standard InChI is InChI=1S/C16H25NO2.C15H23NO2.2C3H8.2CH3.2Ni/c1-10(2)13-8-7-9-14(11(3)4)15(13)17-12(5)16(18)19-6;1-9(2)12-7-6-8-13(10(3)4)14(12)16-11(5)15(17)18;2*1-3-2;;;;/h7-11,16,18H,1-6H3;6-10,15,17-18H,1-5H3;2*3H2,1-2H3;2*1H3;;/q;;;;2*-1;;+2. The van der Waals surface area contributed by atoms with Gasteiger partial charge in [-0.15, -0.1) is 0 Å². The zero-order valence-electron chi connectivity index (χ0n) is 32.6. The van der Waals surface area contributed by atoms with Gasteiger partial charge in [0.1, 0.15) is 0 Å². The Morgan fingerprint density at radius 1 is 0.596 bits per heavy atom. The molecular formula is C39H70N2Ni2O4. The molecule has 0 aliphatic rings. The first-order valence-corrected chi connectivity index (χ1v) is 16.0. The van der Waals surface area contributed by atoms with Gasteiger partial charge in [-0.05, 0) is 59.8 Å². The van der Waals surface area contributed by atoms with Crippen LogP contribution in [0.3, 0.4) is 0 Å². The van der Waals surface area contributed by atoms with Crippen molar-refractivity contribution in [3.8, 4) is 0 Å². The van der Waals surface area contributed by atoms with Gasteiger partial charge in [-0.2, -0.15) is 0 Å². The molecule has 0 aliphatic heterocycles. The molecule has 0 heterocycles. The molecule has 3 N–H and O–H groups in total. The molecule has 1 atom stereocenters. The minimum Gasteiger partial charge on any atom is -0.363 e. The summed E-state index contributed by atoms with van der Waals surface area (Å²) in [5, 5.41) is 28.0. The van der Waals surface area contributed by atoms with Crippen molar-refractivity contribution >= 4 is 22.8 Å². The molecule has 8 heteroatoms. The van der Waals surface area contributed by atoms with Crippen molar-refractivity contribution in [2.45, 2.75) is 146 Å².